The molecule has 1 heterocycles. The summed E-state index contributed by atoms with van der Waals surface area (Å²) >= 11 is 0. The average molecular weight is 210 g/mol. The minimum Gasteiger partial charge on any atom is -0.330 e. The van der Waals surface area contributed by atoms with E-state index in [0.717, 1.165) is 19.3 Å². The van der Waals surface area contributed by atoms with Crippen molar-refractivity contribution < 1.29 is 4.92 Å². The molecule has 0 amide bonds. The number of nitrogens with two attached hydrogens (primary N) is 1. The van der Waals surface area contributed by atoms with Crippen molar-refractivity contribution in [1.29, 1.82) is 0 Å². The maximum absolute atomic E-state index is 10.5. The molecule has 82 valence electrons. The Balaban J connectivity index is 2.18. The van der Waals surface area contributed by atoms with Crippen LogP contribution in [-0.4, -0.2) is 21.2 Å². The van der Waals surface area contributed by atoms with Crippen LogP contribution in [0.4, 0.5) is 5.69 Å². The predicted molar refractivity (Wildman–Crippen MR) is 54.3 cm³/mol. The zero-order valence-electron chi connectivity index (χ0n) is 8.37. The lowest BCUT2D eigenvalue weighted by Crippen LogP contribution is -2.21. The minimum absolute atomic E-state index is 0.0534. The Labute approximate surface area is 87.2 Å². The van der Waals surface area contributed by atoms with Crippen LogP contribution in [0.3, 0.4) is 0 Å². The van der Waals surface area contributed by atoms with Gasteiger partial charge < -0.3 is 5.73 Å². The van der Waals surface area contributed by atoms with E-state index in [2.05, 4.69) is 5.10 Å². The van der Waals surface area contributed by atoms with Gasteiger partial charge in [-0.1, -0.05) is 6.42 Å². The smallest absolute Gasteiger partial charge is 0.307 e. The molecule has 0 aliphatic heterocycles. The first kappa shape index (κ1) is 10.1. The Hall–Kier alpha value is -1.43. The molecule has 1 aliphatic carbocycles. The van der Waals surface area contributed by atoms with Gasteiger partial charge in [0.25, 0.3) is 0 Å². The van der Waals surface area contributed by atoms with Gasteiger partial charge in [-0.05, 0) is 25.3 Å². The van der Waals surface area contributed by atoms with E-state index in [4.69, 9.17) is 5.73 Å². The van der Waals surface area contributed by atoms with E-state index in [1.165, 1.54) is 12.4 Å². The van der Waals surface area contributed by atoms with Gasteiger partial charge in [-0.2, -0.15) is 5.10 Å². The monoisotopic (exact) mass is 210 g/mol. The van der Waals surface area contributed by atoms with Crippen molar-refractivity contribution in [3.63, 3.8) is 0 Å². The Morgan fingerprint density at radius 2 is 2.47 bits per heavy atom. The largest absolute Gasteiger partial charge is 0.330 e. The number of nitro groups is 1. The van der Waals surface area contributed by atoms with Gasteiger partial charge in [0.15, 0.2) is 0 Å². The van der Waals surface area contributed by atoms with Crippen LogP contribution in [0.1, 0.15) is 25.3 Å². The minimum atomic E-state index is -0.421. The van der Waals surface area contributed by atoms with Crippen LogP contribution in [0.2, 0.25) is 0 Å². The zero-order valence-corrected chi connectivity index (χ0v) is 8.37. The van der Waals surface area contributed by atoms with Crippen LogP contribution in [0.5, 0.6) is 0 Å². The van der Waals surface area contributed by atoms with E-state index in [9.17, 15) is 10.1 Å². The van der Waals surface area contributed by atoms with Crippen molar-refractivity contribution in [1.82, 2.24) is 9.78 Å². The predicted octanol–water partition coefficient (Wildman–Crippen LogP) is 1.09. The zero-order chi connectivity index (χ0) is 10.8. The third-order valence-corrected chi connectivity index (χ3v) is 3.06. The van der Waals surface area contributed by atoms with E-state index in [1.807, 2.05) is 0 Å². The van der Waals surface area contributed by atoms with Gasteiger partial charge in [0.2, 0.25) is 0 Å². The van der Waals surface area contributed by atoms with Gasteiger partial charge in [-0.3, -0.25) is 14.8 Å². The third-order valence-electron chi connectivity index (χ3n) is 3.06. The highest BCUT2D eigenvalue weighted by Gasteiger charge is 2.29. The molecule has 0 radical (unpaired) electrons. The van der Waals surface area contributed by atoms with E-state index < -0.39 is 4.92 Å². The topological polar surface area (TPSA) is 87.0 Å². The first-order chi connectivity index (χ1) is 7.22. The molecule has 6 heteroatoms. The molecular formula is C9H14N4O2. The van der Waals surface area contributed by atoms with Crippen molar-refractivity contribution in [3.8, 4) is 0 Å². The summed E-state index contributed by atoms with van der Waals surface area (Å²) in [6, 6.07) is 0.240. The van der Waals surface area contributed by atoms with Crippen LogP contribution < -0.4 is 5.73 Å². The Morgan fingerprint density at radius 1 is 1.67 bits per heavy atom. The summed E-state index contributed by atoms with van der Waals surface area (Å²) in [5, 5.41) is 14.5. The molecule has 0 spiro atoms. The van der Waals surface area contributed by atoms with Gasteiger partial charge in [0.05, 0.1) is 11.0 Å². The van der Waals surface area contributed by atoms with Crippen molar-refractivity contribution in [2.24, 2.45) is 11.7 Å². The number of rotatable bonds is 3. The molecule has 6 nitrogen and oxygen atoms in total. The van der Waals surface area contributed by atoms with E-state index in [1.54, 1.807) is 4.68 Å². The quantitative estimate of drug-likeness (QED) is 0.597. The normalized spacial score (nSPS) is 25.7. The van der Waals surface area contributed by atoms with Crippen molar-refractivity contribution in [2.75, 3.05) is 6.54 Å². The molecule has 0 aromatic carbocycles. The second kappa shape index (κ2) is 3.98. The first-order valence-electron chi connectivity index (χ1n) is 5.11. The lowest BCUT2D eigenvalue weighted by molar-refractivity contribution is -0.385. The summed E-state index contributed by atoms with van der Waals surface area (Å²) < 4.78 is 1.70. The summed E-state index contributed by atoms with van der Waals surface area (Å²) in [7, 11) is 0. The lowest BCUT2D eigenvalue weighted by Gasteiger charge is -2.17. The SMILES string of the molecule is NCC1CCCC1n1cc([N+](=O)[O-])cn1. The molecule has 2 N–H and O–H groups in total. The number of hydrogen-bond donors (Lipinski definition) is 1. The summed E-state index contributed by atoms with van der Waals surface area (Å²) in [5.41, 5.74) is 5.71. The Bertz CT molecular complexity index is 363. The molecule has 1 saturated carbocycles. The molecule has 1 aliphatic rings. The van der Waals surface area contributed by atoms with Crippen molar-refractivity contribution >= 4 is 5.69 Å². The van der Waals surface area contributed by atoms with E-state index in [0.29, 0.717) is 12.5 Å². The van der Waals surface area contributed by atoms with Crippen LogP contribution in [0.25, 0.3) is 0 Å². The molecule has 1 fully saturated rings. The number of aromatic nitrogens is 2. The summed E-state index contributed by atoms with van der Waals surface area (Å²) in [6.07, 6.45) is 6.03. The van der Waals surface area contributed by atoms with Gasteiger partial charge >= 0.3 is 5.69 Å². The van der Waals surface area contributed by atoms with Crippen molar-refractivity contribution in [3.05, 3.63) is 22.5 Å². The van der Waals surface area contributed by atoms with Gasteiger partial charge in [0.1, 0.15) is 12.4 Å². The highest BCUT2D eigenvalue weighted by Crippen LogP contribution is 2.35. The molecule has 0 bridgehead atoms. The van der Waals surface area contributed by atoms with Gasteiger partial charge in [-0.15, -0.1) is 0 Å². The standard InChI is InChI=1S/C9H14N4O2/c10-4-7-2-1-3-9(7)12-6-8(5-11-12)13(14)15/h5-7,9H,1-4,10H2. The summed E-state index contributed by atoms with van der Waals surface area (Å²) in [4.78, 5) is 10.1. The molecule has 2 unspecified atom stereocenters. The van der Waals surface area contributed by atoms with Gasteiger partial charge in [-0.25, -0.2) is 0 Å². The molecular weight excluding hydrogens is 196 g/mol. The summed E-state index contributed by atoms with van der Waals surface area (Å²) in [5.74, 6) is 0.407. The molecule has 1 aromatic heterocycles. The van der Waals surface area contributed by atoms with Gasteiger partial charge in [0, 0.05) is 0 Å². The molecule has 2 atom stereocenters. The Kier molecular flexibility index (Phi) is 2.68. The van der Waals surface area contributed by atoms with E-state index >= 15 is 0 Å². The fourth-order valence-electron chi connectivity index (χ4n) is 2.24. The highest BCUT2D eigenvalue weighted by atomic mass is 16.6. The van der Waals surface area contributed by atoms with E-state index in [-0.39, 0.29) is 11.7 Å². The van der Waals surface area contributed by atoms with Crippen LogP contribution in [0.15, 0.2) is 12.4 Å². The fraction of sp³-hybridized carbons (Fsp3) is 0.667. The third kappa shape index (κ3) is 1.85. The second-order valence-electron chi connectivity index (χ2n) is 3.93. The Morgan fingerprint density at radius 3 is 3.07 bits per heavy atom. The molecule has 0 saturated heterocycles. The summed E-state index contributed by atoms with van der Waals surface area (Å²) in [6.45, 7) is 0.623. The van der Waals surface area contributed by atoms with Crippen LogP contribution in [-0.2, 0) is 0 Å². The van der Waals surface area contributed by atoms with Crippen LogP contribution >= 0.6 is 0 Å². The lowest BCUT2D eigenvalue weighted by atomic mass is 10.0. The number of nitrogens with zero attached hydrogens (tertiary/aromatic N) is 3. The second-order valence-corrected chi connectivity index (χ2v) is 3.93. The van der Waals surface area contributed by atoms with Crippen molar-refractivity contribution in [2.45, 2.75) is 25.3 Å². The fourth-order valence-corrected chi connectivity index (χ4v) is 2.24. The number of hydrogen-bond acceptors (Lipinski definition) is 4. The molecule has 15 heavy (non-hydrogen) atoms. The highest BCUT2D eigenvalue weighted by molar-refractivity contribution is 5.21. The average Bonchev–Trinajstić information content (AvgIpc) is 2.85. The molecule has 2 rings (SSSR count). The maximum atomic E-state index is 10.5. The maximum Gasteiger partial charge on any atom is 0.307 e. The molecule has 1 aromatic rings. The first-order valence-corrected chi connectivity index (χ1v) is 5.11. The van der Waals surface area contributed by atoms with Crippen LogP contribution in [0, 0.1) is 16.0 Å².